The van der Waals surface area contributed by atoms with Crippen molar-refractivity contribution in [3.05, 3.63) is 0 Å². The molecule has 0 aliphatic heterocycles. The van der Waals surface area contributed by atoms with Crippen LogP contribution >= 0.6 is 0 Å². The van der Waals surface area contributed by atoms with Gasteiger partial charge in [-0.2, -0.15) is 0 Å². The largest absolute Gasteiger partial charge is 0.271 e. The molecule has 2 nitrogen and oxygen atoms in total. The van der Waals surface area contributed by atoms with Gasteiger partial charge in [-0.3, -0.25) is 11.3 Å². The maximum atomic E-state index is 5.20. The first-order valence-electron chi connectivity index (χ1n) is 2.31. The SMILES string of the molecule is [B]C([B])([B])C(C)NN. The summed E-state index contributed by atoms with van der Waals surface area (Å²) in [5.41, 5.74) is 2.33. The lowest BCUT2D eigenvalue weighted by atomic mass is 9.40. The van der Waals surface area contributed by atoms with Crippen LogP contribution in [0.5, 0.6) is 0 Å². The number of rotatable bonds is 2. The second-order valence-electron chi connectivity index (χ2n) is 1.89. The van der Waals surface area contributed by atoms with Crippen molar-refractivity contribution in [2.75, 3.05) is 0 Å². The molecule has 0 amide bonds. The highest BCUT2D eigenvalue weighted by Crippen LogP contribution is 2.12. The number of nitrogens with one attached hydrogen (secondary N) is 1. The second kappa shape index (κ2) is 2.60. The van der Waals surface area contributed by atoms with E-state index in [0.717, 1.165) is 0 Å². The first kappa shape index (κ1) is 8.11. The highest BCUT2D eigenvalue weighted by atomic mass is 15.2. The molecular weight excluding hydrogens is 96.5 g/mol. The van der Waals surface area contributed by atoms with Gasteiger partial charge in [0.25, 0.3) is 0 Å². The van der Waals surface area contributed by atoms with Crippen LogP contribution in [-0.2, 0) is 0 Å². The Morgan fingerprint density at radius 2 is 1.88 bits per heavy atom. The Bertz CT molecular complexity index is 69.4. The van der Waals surface area contributed by atoms with Gasteiger partial charge in [-0.1, -0.05) is 0 Å². The lowest BCUT2D eigenvalue weighted by Gasteiger charge is -2.27. The zero-order chi connectivity index (χ0) is 6.78. The van der Waals surface area contributed by atoms with Gasteiger partial charge in [0, 0.05) is 6.04 Å². The van der Waals surface area contributed by atoms with Crippen molar-refractivity contribution in [1.82, 2.24) is 5.43 Å². The molecule has 5 heteroatoms. The molecule has 0 fully saturated rings. The first-order chi connectivity index (χ1) is 3.48. The average molecular weight is 104 g/mol. The van der Waals surface area contributed by atoms with E-state index < -0.39 is 5.11 Å². The van der Waals surface area contributed by atoms with Crippen LogP contribution in [0.1, 0.15) is 6.92 Å². The van der Waals surface area contributed by atoms with Crippen molar-refractivity contribution < 1.29 is 0 Å². The van der Waals surface area contributed by atoms with Gasteiger partial charge in [0.15, 0.2) is 0 Å². The van der Waals surface area contributed by atoms with Gasteiger partial charge in [-0.05, 0) is 6.92 Å². The van der Waals surface area contributed by atoms with Crippen LogP contribution in [-0.4, -0.2) is 29.6 Å². The van der Waals surface area contributed by atoms with Gasteiger partial charge in [-0.25, -0.2) is 0 Å². The van der Waals surface area contributed by atoms with Gasteiger partial charge in [0.05, 0.1) is 23.5 Å². The van der Waals surface area contributed by atoms with Crippen molar-refractivity contribution in [1.29, 1.82) is 0 Å². The van der Waals surface area contributed by atoms with Crippen molar-refractivity contribution in [3.63, 3.8) is 0 Å². The fraction of sp³-hybridized carbons (Fsp3) is 1.00. The highest BCUT2D eigenvalue weighted by Gasteiger charge is 2.15. The molecule has 0 heterocycles. The van der Waals surface area contributed by atoms with E-state index in [9.17, 15) is 0 Å². The van der Waals surface area contributed by atoms with Crippen LogP contribution in [0.4, 0.5) is 0 Å². The minimum atomic E-state index is -1.23. The maximum Gasteiger partial charge on any atom is 0.0528 e. The Hall–Kier alpha value is 0.115. The monoisotopic (exact) mass is 104 g/mol. The summed E-state index contributed by atoms with van der Waals surface area (Å²) in [6.45, 7) is 1.69. The molecule has 0 spiro atoms. The number of hydrogen-bond donors (Lipinski definition) is 2. The van der Waals surface area contributed by atoms with Gasteiger partial charge >= 0.3 is 0 Å². The summed E-state index contributed by atoms with van der Waals surface area (Å²) >= 11 is 0. The quantitative estimate of drug-likeness (QED) is 0.252. The van der Waals surface area contributed by atoms with Crippen LogP contribution < -0.4 is 11.3 Å². The van der Waals surface area contributed by atoms with Crippen molar-refractivity contribution >= 4 is 23.5 Å². The van der Waals surface area contributed by atoms with Gasteiger partial charge in [-0.15, -0.1) is 5.11 Å². The Balaban J connectivity index is 3.62. The fourth-order valence-corrected chi connectivity index (χ4v) is 0.144. The predicted octanol–water partition coefficient (Wildman–Crippen LogP) is -1.58. The normalized spacial score (nSPS) is 15.8. The summed E-state index contributed by atoms with van der Waals surface area (Å²) in [4.78, 5) is 0. The predicted molar refractivity (Wildman–Crippen MR) is 36.7 cm³/mol. The zero-order valence-electron chi connectivity index (χ0n) is 4.89. The third kappa shape index (κ3) is 2.43. The van der Waals surface area contributed by atoms with Crippen LogP contribution in [0, 0.1) is 0 Å². The average Bonchev–Trinajstić information content (AvgIpc) is 1.62. The third-order valence-electron chi connectivity index (χ3n) is 1.00. The molecule has 0 aromatic heterocycles. The number of hydrogen-bond acceptors (Lipinski definition) is 2. The first-order valence-corrected chi connectivity index (χ1v) is 2.31. The smallest absolute Gasteiger partial charge is 0.0528 e. The summed E-state index contributed by atoms with van der Waals surface area (Å²) in [5, 5.41) is -1.23. The summed E-state index contributed by atoms with van der Waals surface area (Å²) in [5.74, 6) is 4.97. The molecule has 0 saturated heterocycles. The number of hydrazine groups is 1. The third-order valence-corrected chi connectivity index (χ3v) is 1.00. The molecule has 1 unspecified atom stereocenters. The van der Waals surface area contributed by atoms with Gasteiger partial charge < -0.3 is 0 Å². The van der Waals surface area contributed by atoms with E-state index in [0.29, 0.717) is 0 Å². The molecule has 38 valence electrons. The Labute approximate surface area is 53.8 Å². The van der Waals surface area contributed by atoms with Crippen LogP contribution in [0.25, 0.3) is 0 Å². The van der Waals surface area contributed by atoms with Crippen LogP contribution in [0.3, 0.4) is 0 Å². The molecule has 0 aromatic rings. The van der Waals surface area contributed by atoms with Crippen molar-refractivity contribution in [2.45, 2.75) is 18.1 Å². The molecule has 0 aliphatic rings. The standard InChI is InChI=1S/C3H7B3N2/c1-2(8-7)3(4,5)6/h2,8H,7H2,1H3. The zero-order valence-corrected chi connectivity index (χ0v) is 4.89. The number of nitrogens with two attached hydrogens (primary N) is 1. The van der Waals surface area contributed by atoms with Gasteiger partial charge in [0.2, 0.25) is 0 Å². The van der Waals surface area contributed by atoms with E-state index in [4.69, 9.17) is 29.4 Å². The molecule has 3 N–H and O–H groups in total. The topological polar surface area (TPSA) is 38.0 Å². The van der Waals surface area contributed by atoms with E-state index in [1.165, 1.54) is 0 Å². The van der Waals surface area contributed by atoms with E-state index in [-0.39, 0.29) is 6.04 Å². The fourth-order valence-electron chi connectivity index (χ4n) is 0.144. The van der Waals surface area contributed by atoms with Gasteiger partial charge in [0.1, 0.15) is 0 Å². The van der Waals surface area contributed by atoms with Crippen molar-refractivity contribution in [2.24, 2.45) is 5.84 Å². The Kier molecular flexibility index (Phi) is 2.64. The summed E-state index contributed by atoms with van der Waals surface area (Å²) in [7, 11) is 15.6. The Morgan fingerprint density at radius 3 is 1.88 bits per heavy atom. The summed E-state index contributed by atoms with van der Waals surface area (Å²) < 4.78 is 0. The Morgan fingerprint density at radius 1 is 1.50 bits per heavy atom. The molecule has 1 atom stereocenters. The van der Waals surface area contributed by atoms with Crippen LogP contribution in [0.2, 0.25) is 5.11 Å². The molecular formula is C3H7B3N2. The van der Waals surface area contributed by atoms with Crippen LogP contribution in [0.15, 0.2) is 0 Å². The lowest BCUT2D eigenvalue weighted by molar-refractivity contribution is 0.574. The molecule has 0 aromatic carbocycles. The van der Waals surface area contributed by atoms with Crippen molar-refractivity contribution in [3.8, 4) is 0 Å². The molecule has 6 radical (unpaired) electrons. The van der Waals surface area contributed by atoms with E-state index in [1.807, 2.05) is 0 Å². The van der Waals surface area contributed by atoms with E-state index in [1.54, 1.807) is 6.92 Å². The molecule has 0 aliphatic carbocycles. The summed E-state index contributed by atoms with van der Waals surface area (Å²) in [6, 6.07) is -0.289. The molecule has 0 bridgehead atoms. The molecule has 8 heavy (non-hydrogen) atoms. The van der Waals surface area contributed by atoms with E-state index >= 15 is 0 Å². The maximum absolute atomic E-state index is 5.20. The molecule has 0 rings (SSSR count). The second-order valence-corrected chi connectivity index (χ2v) is 1.89. The summed E-state index contributed by atoms with van der Waals surface area (Å²) in [6.07, 6.45) is 0. The van der Waals surface area contributed by atoms with E-state index in [2.05, 4.69) is 5.43 Å². The minimum Gasteiger partial charge on any atom is -0.271 e. The minimum absolute atomic E-state index is 0.289. The molecule has 0 saturated carbocycles. The highest BCUT2D eigenvalue weighted by molar-refractivity contribution is 6.59. The lowest BCUT2D eigenvalue weighted by Crippen LogP contribution is -2.43.